The number of halogens is 1. The molecule has 1 aliphatic carbocycles. The fraction of sp³-hybridized carbons (Fsp3) is 0.458. The minimum Gasteiger partial charge on any atom is -0.479 e. The van der Waals surface area contributed by atoms with Crippen LogP contribution >= 0.6 is 0 Å². The molecule has 186 valence electrons. The maximum atomic E-state index is 15.3. The summed E-state index contributed by atoms with van der Waals surface area (Å²) in [5, 5.41) is 31.3. The highest BCUT2D eigenvalue weighted by Gasteiger charge is 2.32. The summed E-state index contributed by atoms with van der Waals surface area (Å²) in [6.45, 7) is 2.00. The molecule has 4 N–H and O–H groups in total. The first-order chi connectivity index (χ1) is 16.9. The predicted octanol–water partition coefficient (Wildman–Crippen LogP) is 2.90. The SMILES string of the molecule is CCC1(O)CCC(Nc2nc(OC)c3c(-c4ccc5ncc(C(O)NC)n5c4)c(F)cn3n2)CC1. The van der Waals surface area contributed by atoms with Gasteiger partial charge in [0.25, 0.3) is 0 Å². The molecule has 0 bridgehead atoms. The molecule has 10 nitrogen and oxygen atoms in total. The summed E-state index contributed by atoms with van der Waals surface area (Å²) < 4.78 is 24.0. The Morgan fingerprint density at radius 3 is 2.74 bits per heavy atom. The largest absolute Gasteiger partial charge is 0.479 e. The third kappa shape index (κ3) is 4.19. The molecule has 4 aromatic heterocycles. The van der Waals surface area contributed by atoms with E-state index in [1.807, 2.05) is 6.92 Å². The zero-order valence-corrected chi connectivity index (χ0v) is 20.0. The van der Waals surface area contributed by atoms with Crippen molar-refractivity contribution in [3.8, 4) is 17.0 Å². The summed E-state index contributed by atoms with van der Waals surface area (Å²) in [7, 11) is 3.13. The summed E-state index contributed by atoms with van der Waals surface area (Å²) in [4.78, 5) is 8.82. The number of fused-ring (bicyclic) bond motifs is 2. The van der Waals surface area contributed by atoms with Gasteiger partial charge in [0, 0.05) is 17.8 Å². The number of anilines is 1. The van der Waals surface area contributed by atoms with Crippen molar-refractivity contribution in [1.29, 1.82) is 0 Å². The van der Waals surface area contributed by atoms with Gasteiger partial charge in [0.1, 0.15) is 17.4 Å². The van der Waals surface area contributed by atoms with Crippen LogP contribution in [0.1, 0.15) is 50.9 Å². The molecule has 0 amide bonds. The van der Waals surface area contributed by atoms with E-state index in [1.165, 1.54) is 17.8 Å². The number of aliphatic hydroxyl groups is 2. The minimum absolute atomic E-state index is 0.115. The average Bonchev–Trinajstić information content (AvgIpc) is 3.44. The van der Waals surface area contributed by atoms with E-state index in [2.05, 4.69) is 25.7 Å². The Morgan fingerprint density at radius 2 is 2.06 bits per heavy atom. The van der Waals surface area contributed by atoms with Gasteiger partial charge < -0.3 is 20.3 Å². The molecule has 35 heavy (non-hydrogen) atoms. The van der Waals surface area contributed by atoms with Crippen LogP contribution in [0, 0.1) is 5.82 Å². The van der Waals surface area contributed by atoms with Crippen LogP contribution in [0.3, 0.4) is 0 Å². The van der Waals surface area contributed by atoms with E-state index >= 15 is 4.39 Å². The van der Waals surface area contributed by atoms with Crippen LogP contribution in [0.15, 0.2) is 30.7 Å². The summed E-state index contributed by atoms with van der Waals surface area (Å²) in [5.74, 6) is 0.103. The van der Waals surface area contributed by atoms with Crippen molar-refractivity contribution in [2.75, 3.05) is 19.5 Å². The smallest absolute Gasteiger partial charge is 0.244 e. The summed E-state index contributed by atoms with van der Waals surface area (Å²) >= 11 is 0. The highest BCUT2D eigenvalue weighted by molar-refractivity contribution is 5.85. The highest BCUT2D eigenvalue weighted by atomic mass is 19.1. The number of nitrogens with one attached hydrogen (secondary N) is 2. The second kappa shape index (κ2) is 9.06. The maximum absolute atomic E-state index is 15.3. The lowest BCUT2D eigenvalue weighted by Crippen LogP contribution is -2.38. The van der Waals surface area contributed by atoms with Gasteiger partial charge in [-0.1, -0.05) is 6.92 Å². The van der Waals surface area contributed by atoms with E-state index in [9.17, 15) is 10.2 Å². The molecule has 0 aliphatic heterocycles. The first-order valence-corrected chi connectivity index (χ1v) is 11.8. The second-order valence-electron chi connectivity index (χ2n) is 9.11. The van der Waals surface area contributed by atoms with Crippen molar-refractivity contribution in [2.24, 2.45) is 0 Å². The first-order valence-electron chi connectivity index (χ1n) is 11.8. The fourth-order valence-electron chi connectivity index (χ4n) is 4.83. The lowest BCUT2D eigenvalue weighted by molar-refractivity contribution is -0.00199. The quantitative estimate of drug-likeness (QED) is 0.296. The number of pyridine rings is 1. The molecular weight excluding hydrogens is 453 g/mol. The predicted molar refractivity (Wildman–Crippen MR) is 129 cm³/mol. The van der Waals surface area contributed by atoms with E-state index in [4.69, 9.17) is 4.74 Å². The highest BCUT2D eigenvalue weighted by Crippen LogP contribution is 2.36. The molecule has 4 aromatic rings. The number of aliphatic hydroxyl groups excluding tert-OH is 1. The zero-order chi connectivity index (χ0) is 24.7. The zero-order valence-electron chi connectivity index (χ0n) is 20.0. The van der Waals surface area contributed by atoms with Crippen molar-refractivity contribution in [3.63, 3.8) is 0 Å². The molecule has 5 rings (SSSR count). The van der Waals surface area contributed by atoms with Gasteiger partial charge >= 0.3 is 0 Å². The molecule has 0 spiro atoms. The molecular formula is C24H30FN7O3. The Kier molecular flexibility index (Phi) is 6.07. The second-order valence-corrected chi connectivity index (χ2v) is 9.11. The number of nitrogens with zero attached hydrogens (tertiary/aromatic N) is 5. The fourth-order valence-corrected chi connectivity index (χ4v) is 4.83. The lowest BCUT2D eigenvalue weighted by atomic mass is 9.80. The van der Waals surface area contributed by atoms with E-state index in [0.717, 1.165) is 19.3 Å². The molecule has 0 aromatic carbocycles. The van der Waals surface area contributed by atoms with Crippen LogP contribution in [-0.2, 0) is 0 Å². The van der Waals surface area contributed by atoms with E-state index in [-0.39, 0.29) is 11.9 Å². The van der Waals surface area contributed by atoms with Crippen molar-refractivity contribution in [1.82, 2.24) is 29.3 Å². The number of aromatic nitrogens is 5. The molecule has 0 saturated heterocycles. The molecule has 0 radical (unpaired) electrons. The van der Waals surface area contributed by atoms with Gasteiger partial charge in [0.15, 0.2) is 5.82 Å². The summed E-state index contributed by atoms with van der Waals surface area (Å²) in [6, 6.07) is 3.64. The molecule has 1 aliphatic rings. The summed E-state index contributed by atoms with van der Waals surface area (Å²) in [6.07, 6.45) is 7.43. The van der Waals surface area contributed by atoms with Crippen LogP contribution in [0.2, 0.25) is 0 Å². The first kappa shape index (κ1) is 23.5. The van der Waals surface area contributed by atoms with E-state index < -0.39 is 17.6 Å². The Hall–Kier alpha value is -3.28. The average molecular weight is 484 g/mol. The van der Waals surface area contributed by atoms with Crippen molar-refractivity contribution in [2.45, 2.75) is 56.9 Å². The standard InChI is InChI=1S/C24H30FN7O3/c1-4-24(34)9-7-15(8-10-24)28-23-29-22(35-3)20-19(16(25)13-32(20)30-23)14-5-6-18-27-11-17(21(33)26-2)31(18)12-14/h5-6,11-13,15,21,26,33-34H,4,7-10H2,1-3H3,(H,28,30). The molecule has 4 heterocycles. The minimum atomic E-state index is -0.921. The maximum Gasteiger partial charge on any atom is 0.244 e. The van der Waals surface area contributed by atoms with E-state index in [0.29, 0.717) is 46.8 Å². The third-order valence-corrected chi connectivity index (χ3v) is 7.03. The van der Waals surface area contributed by atoms with Crippen molar-refractivity contribution < 1.29 is 19.3 Å². The van der Waals surface area contributed by atoms with Gasteiger partial charge in [-0.05, 0) is 51.3 Å². The normalized spacial score (nSPS) is 21.5. The van der Waals surface area contributed by atoms with Crippen LogP contribution in [0.25, 0.3) is 22.3 Å². The third-order valence-electron chi connectivity index (χ3n) is 7.03. The van der Waals surface area contributed by atoms with Crippen molar-refractivity contribution >= 4 is 17.1 Å². The number of rotatable bonds is 7. The van der Waals surface area contributed by atoms with Gasteiger partial charge in [-0.2, -0.15) is 4.98 Å². The van der Waals surface area contributed by atoms with Gasteiger partial charge in [0.2, 0.25) is 11.8 Å². The van der Waals surface area contributed by atoms with Gasteiger partial charge in [-0.15, -0.1) is 5.10 Å². The number of methoxy groups -OCH3 is 1. The molecule has 1 fully saturated rings. The van der Waals surface area contributed by atoms with Crippen LogP contribution in [-0.4, -0.2) is 60.0 Å². The van der Waals surface area contributed by atoms with Crippen LogP contribution < -0.4 is 15.4 Å². The Bertz CT molecular complexity index is 1360. The molecule has 1 saturated carbocycles. The number of hydrogen-bond donors (Lipinski definition) is 4. The van der Waals surface area contributed by atoms with Gasteiger partial charge in [0.05, 0.1) is 36.4 Å². The molecule has 1 atom stereocenters. The Morgan fingerprint density at radius 1 is 1.29 bits per heavy atom. The van der Waals surface area contributed by atoms with Crippen LogP contribution in [0.5, 0.6) is 5.88 Å². The summed E-state index contributed by atoms with van der Waals surface area (Å²) in [5.41, 5.74) is 1.81. The number of hydrogen-bond acceptors (Lipinski definition) is 8. The lowest BCUT2D eigenvalue weighted by Gasteiger charge is -2.35. The van der Waals surface area contributed by atoms with Crippen molar-refractivity contribution in [3.05, 3.63) is 42.2 Å². The Labute approximate surface area is 201 Å². The monoisotopic (exact) mass is 483 g/mol. The number of imidazole rings is 1. The van der Waals surface area contributed by atoms with Gasteiger partial charge in [-0.3, -0.25) is 9.72 Å². The van der Waals surface area contributed by atoms with Gasteiger partial charge in [-0.25, -0.2) is 13.9 Å². The van der Waals surface area contributed by atoms with E-state index in [1.54, 1.807) is 36.0 Å². The topological polar surface area (TPSA) is 121 Å². The number of ether oxygens (including phenoxy) is 1. The Balaban J connectivity index is 1.52. The molecule has 1 unspecified atom stereocenters. The molecule has 11 heteroatoms. The van der Waals surface area contributed by atoms with Crippen LogP contribution in [0.4, 0.5) is 10.3 Å².